The maximum absolute atomic E-state index is 13.9. The van der Waals surface area contributed by atoms with Crippen LogP contribution in [0.5, 0.6) is 0 Å². The SMILES string of the molecule is O=S(=O)(c1ccc2c(c1)CCNCC2)n1ccc2c(F)cc(F)cc21. The van der Waals surface area contributed by atoms with Crippen LogP contribution in [0.2, 0.25) is 0 Å². The fourth-order valence-electron chi connectivity index (χ4n) is 3.27. The molecule has 0 spiro atoms. The molecule has 4 rings (SSSR count). The highest BCUT2D eigenvalue weighted by Gasteiger charge is 2.22. The molecular weight excluding hydrogens is 346 g/mol. The molecule has 4 nitrogen and oxygen atoms in total. The second kappa shape index (κ2) is 5.93. The van der Waals surface area contributed by atoms with E-state index in [-0.39, 0.29) is 15.8 Å². The third kappa shape index (κ3) is 2.73. The van der Waals surface area contributed by atoms with Crippen molar-refractivity contribution < 1.29 is 17.2 Å². The van der Waals surface area contributed by atoms with Crippen LogP contribution in [-0.4, -0.2) is 25.5 Å². The Labute approximate surface area is 144 Å². The van der Waals surface area contributed by atoms with Gasteiger partial charge in [0.05, 0.1) is 10.4 Å². The van der Waals surface area contributed by atoms with Crippen molar-refractivity contribution in [3.05, 3.63) is 65.4 Å². The van der Waals surface area contributed by atoms with Gasteiger partial charge >= 0.3 is 0 Å². The lowest BCUT2D eigenvalue weighted by atomic mass is 10.0. The van der Waals surface area contributed by atoms with Crippen LogP contribution < -0.4 is 5.32 Å². The molecule has 1 aromatic heterocycles. The van der Waals surface area contributed by atoms with E-state index in [4.69, 9.17) is 0 Å². The number of aromatic nitrogens is 1. The van der Waals surface area contributed by atoms with Crippen LogP contribution in [0.1, 0.15) is 11.1 Å². The Morgan fingerprint density at radius 2 is 1.72 bits per heavy atom. The van der Waals surface area contributed by atoms with Crippen molar-refractivity contribution in [2.75, 3.05) is 13.1 Å². The summed E-state index contributed by atoms with van der Waals surface area (Å²) in [5, 5.41) is 3.35. The minimum absolute atomic E-state index is 0.00545. The highest BCUT2D eigenvalue weighted by Crippen LogP contribution is 2.26. The molecule has 130 valence electrons. The van der Waals surface area contributed by atoms with Crippen LogP contribution in [0, 0.1) is 11.6 Å². The molecule has 0 radical (unpaired) electrons. The number of halogens is 2. The van der Waals surface area contributed by atoms with Gasteiger partial charge in [-0.25, -0.2) is 21.2 Å². The lowest BCUT2D eigenvalue weighted by molar-refractivity contribution is 0.587. The zero-order valence-electron chi connectivity index (χ0n) is 13.3. The fraction of sp³-hybridized carbons (Fsp3) is 0.222. The molecule has 0 unspecified atom stereocenters. The van der Waals surface area contributed by atoms with Gasteiger partial charge in [-0.3, -0.25) is 0 Å². The van der Waals surface area contributed by atoms with Gasteiger partial charge in [0.15, 0.2) is 0 Å². The number of hydrogen-bond acceptors (Lipinski definition) is 3. The molecule has 0 fully saturated rings. The maximum atomic E-state index is 13.9. The first-order chi connectivity index (χ1) is 12.0. The van der Waals surface area contributed by atoms with Gasteiger partial charge in [0.25, 0.3) is 10.0 Å². The van der Waals surface area contributed by atoms with Gasteiger partial charge in [-0.2, -0.15) is 0 Å². The molecule has 1 N–H and O–H groups in total. The normalized spacial score (nSPS) is 15.1. The molecule has 25 heavy (non-hydrogen) atoms. The van der Waals surface area contributed by atoms with Gasteiger partial charge in [0.1, 0.15) is 11.6 Å². The van der Waals surface area contributed by atoms with Crippen LogP contribution in [0.15, 0.2) is 47.5 Å². The average molecular weight is 362 g/mol. The summed E-state index contributed by atoms with van der Waals surface area (Å²) in [5.41, 5.74) is 2.10. The Kier molecular flexibility index (Phi) is 3.85. The molecule has 0 aliphatic carbocycles. The quantitative estimate of drug-likeness (QED) is 0.763. The number of hydrogen-bond donors (Lipinski definition) is 1. The van der Waals surface area contributed by atoms with Crippen LogP contribution in [0.4, 0.5) is 8.78 Å². The third-order valence-corrected chi connectivity index (χ3v) is 6.25. The predicted molar refractivity (Wildman–Crippen MR) is 91.2 cm³/mol. The molecule has 0 saturated heterocycles. The van der Waals surface area contributed by atoms with Crippen molar-refractivity contribution in [2.24, 2.45) is 0 Å². The molecule has 2 heterocycles. The van der Waals surface area contributed by atoms with Gasteiger partial charge in [-0.15, -0.1) is 0 Å². The fourth-order valence-corrected chi connectivity index (χ4v) is 4.66. The summed E-state index contributed by atoms with van der Waals surface area (Å²) in [6.45, 7) is 1.65. The van der Waals surface area contributed by atoms with Crippen molar-refractivity contribution in [3.8, 4) is 0 Å². The first-order valence-corrected chi connectivity index (χ1v) is 9.45. The summed E-state index contributed by atoms with van der Waals surface area (Å²) in [7, 11) is -3.94. The minimum atomic E-state index is -3.94. The Balaban J connectivity index is 1.87. The molecule has 1 aliphatic heterocycles. The summed E-state index contributed by atoms with van der Waals surface area (Å²) in [6.07, 6.45) is 2.85. The molecule has 0 atom stereocenters. The Morgan fingerprint density at radius 1 is 0.960 bits per heavy atom. The molecule has 0 saturated carbocycles. The Bertz CT molecular complexity index is 1070. The average Bonchev–Trinajstić information content (AvgIpc) is 2.86. The van der Waals surface area contributed by atoms with Crippen LogP contribution in [0.25, 0.3) is 10.9 Å². The monoisotopic (exact) mass is 362 g/mol. The van der Waals surface area contributed by atoms with E-state index in [1.807, 2.05) is 6.07 Å². The highest BCUT2D eigenvalue weighted by atomic mass is 32.2. The van der Waals surface area contributed by atoms with Gasteiger partial charge in [0.2, 0.25) is 0 Å². The van der Waals surface area contributed by atoms with Crippen molar-refractivity contribution in [2.45, 2.75) is 17.7 Å². The first kappa shape index (κ1) is 16.2. The zero-order chi connectivity index (χ0) is 17.6. The standard InChI is InChI=1S/C18H16F2N2O2S/c19-14-10-17(20)16-5-8-22(18(16)11-14)25(23,24)15-2-1-12-3-6-21-7-4-13(12)9-15/h1-2,5,8-11,21H,3-4,6-7H2. The molecule has 3 aromatic rings. The van der Waals surface area contributed by atoms with Gasteiger partial charge < -0.3 is 5.32 Å². The van der Waals surface area contributed by atoms with Crippen molar-refractivity contribution in [1.29, 1.82) is 0 Å². The van der Waals surface area contributed by atoms with Crippen LogP contribution in [-0.2, 0) is 22.9 Å². The Morgan fingerprint density at radius 3 is 2.52 bits per heavy atom. The van der Waals surface area contributed by atoms with Gasteiger partial charge in [-0.05, 0) is 61.3 Å². The van der Waals surface area contributed by atoms with E-state index in [0.717, 1.165) is 53.2 Å². The summed E-state index contributed by atoms with van der Waals surface area (Å²) in [4.78, 5) is 0.121. The summed E-state index contributed by atoms with van der Waals surface area (Å²) < 4.78 is 54.4. The van der Waals surface area contributed by atoms with Crippen molar-refractivity contribution in [3.63, 3.8) is 0 Å². The number of fused-ring (bicyclic) bond motifs is 2. The third-order valence-electron chi connectivity index (χ3n) is 4.56. The lowest BCUT2D eigenvalue weighted by Crippen LogP contribution is -2.16. The predicted octanol–water partition coefficient (Wildman–Crippen LogP) is 2.84. The smallest absolute Gasteiger partial charge is 0.268 e. The molecule has 2 aromatic carbocycles. The van der Waals surface area contributed by atoms with E-state index < -0.39 is 21.7 Å². The van der Waals surface area contributed by atoms with Crippen LogP contribution >= 0.6 is 0 Å². The van der Waals surface area contributed by atoms with E-state index in [1.54, 1.807) is 12.1 Å². The maximum Gasteiger partial charge on any atom is 0.268 e. The van der Waals surface area contributed by atoms with Crippen LogP contribution in [0.3, 0.4) is 0 Å². The first-order valence-electron chi connectivity index (χ1n) is 8.01. The van der Waals surface area contributed by atoms with E-state index in [9.17, 15) is 17.2 Å². The molecular formula is C18H16F2N2O2S. The molecule has 0 amide bonds. The molecule has 1 aliphatic rings. The lowest BCUT2D eigenvalue weighted by Gasteiger charge is -2.11. The van der Waals surface area contributed by atoms with Crippen molar-refractivity contribution in [1.82, 2.24) is 9.29 Å². The van der Waals surface area contributed by atoms with Crippen molar-refractivity contribution >= 4 is 20.9 Å². The second-order valence-electron chi connectivity index (χ2n) is 6.12. The summed E-state index contributed by atoms with van der Waals surface area (Å²) >= 11 is 0. The van der Waals surface area contributed by atoms with Gasteiger partial charge in [0, 0.05) is 17.6 Å². The minimum Gasteiger partial charge on any atom is -0.316 e. The number of nitrogens with zero attached hydrogens (tertiary/aromatic N) is 1. The number of benzene rings is 2. The molecule has 0 bridgehead atoms. The number of nitrogens with one attached hydrogen (secondary N) is 1. The largest absolute Gasteiger partial charge is 0.316 e. The molecule has 7 heteroatoms. The second-order valence-corrected chi connectivity index (χ2v) is 7.93. The van der Waals surface area contributed by atoms with E-state index >= 15 is 0 Å². The summed E-state index contributed by atoms with van der Waals surface area (Å²) in [6, 6.07) is 8.16. The topological polar surface area (TPSA) is 51.1 Å². The number of rotatable bonds is 2. The highest BCUT2D eigenvalue weighted by molar-refractivity contribution is 7.90. The van der Waals surface area contributed by atoms with E-state index in [1.165, 1.54) is 12.3 Å². The van der Waals surface area contributed by atoms with E-state index in [0.29, 0.717) is 0 Å². The van der Waals surface area contributed by atoms with E-state index in [2.05, 4.69) is 5.32 Å². The zero-order valence-corrected chi connectivity index (χ0v) is 14.1. The van der Waals surface area contributed by atoms with Gasteiger partial charge in [-0.1, -0.05) is 6.07 Å². The summed E-state index contributed by atoms with van der Waals surface area (Å²) in [5.74, 6) is -1.59. The Hall–Kier alpha value is -2.25.